The third-order valence-electron chi connectivity index (χ3n) is 7.46. The fraction of sp³-hybridized carbons (Fsp3) is 0.781. The van der Waals surface area contributed by atoms with Crippen LogP contribution >= 0.6 is 0 Å². The molecule has 1 heterocycles. The van der Waals surface area contributed by atoms with E-state index in [1.807, 2.05) is 0 Å². The van der Waals surface area contributed by atoms with Crippen LogP contribution in [-0.4, -0.2) is 55.7 Å². The summed E-state index contributed by atoms with van der Waals surface area (Å²) < 4.78 is 12.5. The minimum atomic E-state index is 0.622. The Bertz CT molecular complexity index is 725. The van der Waals surface area contributed by atoms with Gasteiger partial charge in [0.1, 0.15) is 11.5 Å². The molecule has 1 aliphatic heterocycles. The topological polar surface area (TPSA) is 48.7 Å². The molecule has 1 aliphatic rings. The van der Waals surface area contributed by atoms with Gasteiger partial charge < -0.3 is 9.47 Å². The first kappa shape index (κ1) is 31.4. The van der Waals surface area contributed by atoms with Crippen molar-refractivity contribution in [2.75, 3.05) is 45.9 Å². The van der Waals surface area contributed by atoms with Crippen LogP contribution in [0, 0.1) is 11.3 Å². The number of rotatable bonds is 22. The lowest BCUT2D eigenvalue weighted by Crippen LogP contribution is -2.46. The Hall–Kier alpha value is -1.77. The van der Waals surface area contributed by atoms with Gasteiger partial charge in [0.05, 0.1) is 19.3 Å². The molecule has 1 fully saturated rings. The number of nitriles is 1. The van der Waals surface area contributed by atoms with E-state index in [1.165, 1.54) is 82.6 Å². The highest BCUT2D eigenvalue weighted by molar-refractivity contribution is 5.41. The predicted octanol–water partition coefficient (Wildman–Crippen LogP) is 7.98. The van der Waals surface area contributed by atoms with Crippen LogP contribution in [0.1, 0.15) is 116 Å². The molecular formula is C32H55N3O2. The van der Waals surface area contributed by atoms with Gasteiger partial charge in [-0.15, -0.1) is 0 Å². The lowest BCUT2D eigenvalue weighted by atomic mass is 10.1. The molecule has 0 aliphatic carbocycles. The maximum Gasteiger partial charge on any atom is 0.127 e. The Kier molecular flexibility index (Phi) is 18.0. The lowest BCUT2D eigenvalue weighted by molar-refractivity contribution is 0.128. The first-order chi connectivity index (χ1) is 18.3. The number of unbranched alkanes of at least 4 members (excludes halogenated alkanes) is 12. The molecule has 0 bridgehead atoms. The molecule has 0 aromatic heterocycles. The predicted molar refractivity (Wildman–Crippen MR) is 155 cm³/mol. The number of hydrogen-bond acceptors (Lipinski definition) is 5. The second-order valence-electron chi connectivity index (χ2n) is 10.7. The van der Waals surface area contributed by atoms with E-state index >= 15 is 0 Å². The second kappa shape index (κ2) is 21.2. The van der Waals surface area contributed by atoms with Crippen molar-refractivity contribution in [3.05, 3.63) is 23.8 Å². The average molecular weight is 514 g/mol. The smallest absolute Gasteiger partial charge is 0.127 e. The number of hydrogen-bond donors (Lipinski definition) is 0. The van der Waals surface area contributed by atoms with E-state index < -0.39 is 0 Å². The van der Waals surface area contributed by atoms with Gasteiger partial charge in [0, 0.05) is 57.3 Å². The van der Waals surface area contributed by atoms with Gasteiger partial charge in [-0.2, -0.15) is 5.26 Å². The van der Waals surface area contributed by atoms with Crippen molar-refractivity contribution in [3.8, 4) is 17.6 Å². The summed E-state index contributed by atoms with van der Waals surface area (Å²) in [7, 11) is 0. The Morgan fingerprint density at radius 2 is 1.24 bits per heavy atom. The van der Waals surface area contributed by atoms with E-state index in [1.54, 1.807) is 0 Å². The Morgan fingerprint density at radius 1 is 0.703 bits per heavy atom. The largest absolute Gasteiger partial charge is 0.493 e. The zero-order valence-electron chi connectivity index (χ0n) is 24.2. The molecule has 5 nitrogen and oxygen atoms in total. The van der Waals surface area contributed by atoms with Crippen molar-refractivity contribution in [1.29, 1.82) is 5.26 Å². The SMILES string of the molecule is CCCCCCCCCOc1ccc(CN2CCN(CCC#N)CC2)c(OCCCCCCCCC)c1. The molecule has 0 unspecified atom stereocenters. The molecule has 1 aromatic rings. The monoisotopic (exact) mass is 513 g/mol. The van der Waals surface area contributed by atoms with Crippen molar-refractivity contribution in [3.63, 3.8) is 0 Å². The van der Waals surface area contributed by atoms with Crippen LogP contribution in [0.5, 0.6) is 11.5 Å². The highest BCUT2D eigenvalue weighted by Crippen LogP contribution is 2.27. The molecule has 2 rings (SSSR count). The van der Waals surface area contributed by atoms with Crippen LogP contribution in [-0.2, 0) is 6.54 Å². The molecule has 0 spiro atoms. The van der Waals surface area contributed by atoms with Crippen LogP contribution in [0.4, 0.5) is 0 Å². The summed E-state index contributed by atoms with van der Waals surface area (Å²) in [6.45, 7) is 12.1. The Morgan fingerprint density at radius 3 is 1.84 bits per heavy atom. The van der Waals surface area contributed by atoms with Gasteiger partial charge >= 0.3 is 0 Å². The van der Waals surface area contributed by atoms with Crippen molar-refractivity contribution in [2.24, 2.45) is 0 Å². The van der Waals surface area contributed by atoms with E-state index in [4.69, 9.17) is 14.7 Å². The fourth-order valence-corrected chi connectivity index (χ4v) is 5.00. The summed E-state index contributed by atoms with van der Waals surface area (Å²) in [4.78, 5) is 4.91. The molecule has 0 saturated carbocycles. The molecule has 37 heavy (non-hydrogen) atoms. The molecule has 210 valence electrons. The molecule has 1 aromatic carbocycles. The minimum Gasteiger partial charge on any atom is -0.493 e. The maximum absolute atomic E-state index is 8.86. The van der Waals surface area contributed by atoms with Crippen molar-refractivity contribution >= 4 is 0 Å². The molecule has 1 saturated heterocycles. The van der Waals surface area contributed by atoms with Gasteiger partial charge in [0.15, 0.2) is 0 Å². The summed E-state index contributed by atoms with van der Waals surface area (Å²) in [6, 6.07) is 8.73. The maximum atomic E-state index is 8.86. The second-order valence-corrected chi connectivity index (χ2v) is 10.7. The summed E-state index contributed by atoms with van der Waals surface area (Å²) in [6.07, 6.45) is 18.8. The van der Waals surface area contributed by atoms with E-state index in [0.29, 0.717) is 6.42 Å². The van der Waals surface area contributed by atoms with E-state index in [-0.39, 0.29) is 0 Å². The van der Waals surface area contributed by atoms with E-state index in [2.05, 4.69) is 47.9 Å². The number of piperazine rings is 1. The van der Waals surface area contributed by atoms with E-state index in [0.717, 1.165) is 76.8 Å². The number of ether oxygens (including phenoxy) is 2. The van der Waals surface area contributed by atoms with Crippen molar-refractivity contribution in [2.45, 2.75) is 117 Å². The highest BCUT2D eigenvalue weighted by Gasteiger charge is 2.18. The van der Waals surface area contributed by atoms with Crippen molar-refractivity contribution < 1.29 is 9.47 Å². The van der Waals surface area contributed by atoms with Crippen LogP contribution in [0.25, 0.3) is 0 Å². The third kappa shape index (κ3) is 14.7. The summed E-state index contributed by atoms with van der Waals surface area (Å²) in [5.74, 6) is 1.93. The van der Waals surface area contributed by atoms with Gasteiger partial charge in [-0.25, -0.2) is 0 Å². The summed E-state index contributed by atoms with van der Waals surface area (Å²) in [5.41, 5.74) is 1.26. The van der Waals surface area contributed by atoms with Gasteiger partial charge in [-0.3, -0.25) is 9.80 Å². The van der Waals surface area contributed by atoms with Crippen LogP contribution in [0.3, 0.4) is 0 Å². The summed E-state index contributed by atoms with van der Waals surface area (Å²) in [5, 5.41) is 8.86. The Balaban J connectivity index is 1.82. The van der Waals surface area contributed by atoms with Gasteiger partial charge in [0.2, 0.25) is 0 Å². The molecule has 0 atom stereocenters. The zero-order chi connectivity index (χ0) is 26.4. The minimum absolute atomic E-state index is 0.622. The number of nitrogens with zero attached hydrogens (tertiary/aromatic N) is 3. The lowest BCUT2D eigenvalue weighted by Gasteiger charge is -2.34. The van der Waals surface area contributed by atoms with Crippen LogP contribution in [0.15, 0.2) is 18.2 Å². The molecule has 0 radical (unpaired) electrons. The first-order valence-electron chi connectivity index (χ1n) is 15.5. The first-order valence-corrected chi connectivity index (χ1v) is 15.5. The zero-order valence-corrected chi connectivity index (χ0v) is 24.2. The molecule has 5 heteroatoms. The van der Waals surface area contributed by atoms with Crippen LogP contribution in [0.2, 0.25) is 0 Å². The van der Waals surface area contributed by atoms with Gasteiger partial charge in [0.25, 0.3) is 0 Å². The standard InChI is InChI=1S/C32H55N3O2/c1-3-5-7-9-11-13-15-26-36-31-19-18-30(29-35-24-22-34(23-25-35)21-17-20-33)32(28-31)37-27-16-14-12-10-8-6-4-2/h18-19,28H,3-17,21-27,29H2,1-2H3. The Labute approximate surface area is 228 Å². The van der Waals surface area contributed by atoms with Gasteiger partial charge in [-0.1, -0.05) is 97.0 Å². The number of benzene rings is 1. The van der Waals surface area contributed by atoms with E-state index in [9.17, 15) is 0 Å². The molecular weight excluding hydrogens is 458 g/mol. The molecule has 0 amide bonds. The van der Waals surface area contributed by atoms with Gasteiger partial charge in [-0.05, 0) is 18.9 Å². The van der Waals surface area contributed by atoms with Crippen molar-refractivity contribution in [1.82, 2.24) is 9.80 Å². The fourth-order valence-electron chi connectivity index (χ4n) is 5.00. The molecule has 0 N–H and O–H groups in total. The summed E-state index contributed by atoms with van der Waals surface area (Å²) >= 11 is 0. The highest BCUT2D eigenvalue weighted by atomic mass is 16.5. The third-order valence-corrected chi connectivity index (χ3v) is 7.46. The average Bonchev–Trinajstić information content (AvgIpc) is 2.92. The normalized spacial score (nSPS) is 14.5. The van der Waals surface area contributed by atoms with Crippen LogP contribution < -0.4 is 9.47 Å². The quantitative estimate of drug-likeness (QED) is 0.147.